The Hall–Kier alpha value is -2.23. The molecule has 0 saturated heterocycles. The van der Waals surface area contributed by atoms with Gasteiger partial charge in [0, 0.05) is 0 Å². The van der Waals surface area contributed by atoms with Crippen molar-refractivity contribution < 1.29 is 8.78 Å². The molecular weight excluding hydrogens is 222 g/mol. The summed E-state index contributed by atoms with van der Waals surface area (Å²) in [6.07, 6.45) is 1.42. The summed E-state index contributed by atoms with van der Waals surface area (Å²) in [6.45, 7) is 0. The maximum Gasteiger partial charge on any atom is 0.150 e. The van der Waals surface area contributed by atoms with E-state index >= 15 is 0 Å². The van der Waals surface area contributed by atoms with Crippen molar-refractivity contribution in [3.63, 3.8) is 0 Å². The second-order valence-corrected chi connectivity index (χ2v) is 3.67. The van der Waals surface area contributed by atoms with Crippen LogP contribution in [0.15, 0.2) is 48.8 Å². The Bertz CT molecular complexity index is 668. The summed E-state index contributed by atoms with van der Waals surface area (Å²) in [6, 6.07) is 11.0. The molecule has 17 heavy (non-hydrogen) atoms. The van der Waals surface area contributed by atoms with E-state index in [1.54, 1.807) is 18.2 Å². The van der Waals surface area contributed by atoms with Crippen LogP contribution >= 0.6 is 0 Å². The lowest BCUT2D eigenvalue weighted by Crippen LogP contribution is -1.99. The largest absolute Gasteiger partial charge is 0.293 e. The van der Waals surface area contributed by atoms with Gasteiger partial charge in [-0.15, -0.1) is 0 Å². The Labute approximate surface area is 96.1 Å². The normalized spacial score (nSPS) is 10.9. The second-order valence-electron chi connectivity index (χ2n) is 3.67. The number of benzene rings is 2. The zero-order valence-electron chi connectivity index (χ0n) is 8.77. The summed E-state index contributed by atoms with van der Waals surface area (Å²) in [5.74, 6) is -1.21. The number of halogens is 2. The van der Waals surface area contributed by atoms with Crippen molar-refractivity contribution in [3.8, 4) is 5.69 Å². The van der Waals surface area contributed by atoms with Crippen molar-refractivity contribution in [2.45, 2.75) is 0 Å². The standard InChI is InChI=1S/C13H8F2N2/c14-9-4-3-5-10(15)13(9)17-8-16-11-6-1-2-7-12(11)17/h1-8H. The Morgan fingerprint density at radius 2 is 1.59 bits per heavy atom. The summed E-state index contributed by atoms with van der Waals surface area (Å²) in [5, 5.41) is 0. The Morgan fingerprint density at radius 3 is 2.35 bits per heavy atom. The number of rotatable bonds is 1. The average Bonchev–Trinajstić information content (AvgIpc) is 2.73. The third-order valence-corrected chi connectivity index (χ3v) is 2.63. The maximum absolute atomic E-state index is 13.7. The van der Waals surface area contributed by atoms with Gasteiger partial charge in [0.25, 0.3) is 0 Å². The van der Waals surface area contributed by atoms with Crippen molar-refractivity contribution in [1.82, 2.24) is 9.55 Å². The third kappa shape index (κ3) is 1.49. The fourth-order valence-electron chi connectivity index (χ4n) is 1.86. The fourth-order valence-corrected chi connectivity index (χ4v) is 1.86. The van der Waals surface area contributed by atoms with Gasteiger partial charge in [-0.3, -0.25) is 4.57 Å². The minimum Gasteiger partial charge on any atom is -0.293 e. The first-order valence-corrected chi connectivity index (χ1v) is 5.14. The number of hydrogen-bond donors (Lipinski definition) is 0. The van der Waals surface area contributed by atoms with Crippen molar-refractivity contribution in [1.29, 1.82) is 0 Å². The van der Waals surface area contributed by atoms with Crippen LogP contribution < -0.4 is 0 Å². The molecule has 0 atom stereocenters. The lowest BCUT2D eigenvalue weighted by Gasteiger charge is -2.06. The van der Waals surface area contributed by atoms with Crippen molar-refractivity contribution in [2.24, 2.45) is 0 Å². The zero-order chi connectivity index (χ0) is 11.8. The van der Waals surface area contributed by atoms with Gasteiger partial charge in [0.2, 0.25) is 0 Å². The van der Waals surface area contributed by atoms with Crippen LogP contribution in [0.25, 0.3) is 16.7 Å². The Morgan fingerprint density at radius 1 is 0.882 bits per heavy atom. The molecule has 1 heterocycles. The number of hydrogen-bond acceptors (Lipinski definition) is 1. The molecule has 0 fully saturated rings. The van der Waals surface area contributed by atoms with Gasteiger partial charge in [0.1, 0.15) is 23.6 Å². The first kappa shape index (κ1) is 9.96. The van der Waals surface area contributed by atoms with Crippen LogP contribution in [0, 0.1) is 11.6 Å². The van der Waals surface area contributed by atoms with Gasteiger partial charge in [0.05, 0.1) is 11.0 Å². The summed E-state index contributed by atoms with van der Waals surface area (Å²) >= 11 is 0. The molecule has 0 aliphatic rings. The number of para-hydroxylation sites is 3. The van der Waals surface area contributed by atoms with E-state index in [9.17, 15) is 8.78 Å². The summed E-state index contributed by atoms with van der Waals surface area (Å²) in [5.41, 5.74) is 1.29. The van der Waals surface area contributed by atoms with E-state index in [-0.39, 0.29) is 5.69 Å². The molecule has 2 nitrogen and oxygen atoms in total. The molecule has 0 bridgehead atoms. The molecule has 0 spiro atoms. The van der Waals surface area contributed by atoms with Crippen LogP contribution in [0.3, 0.4) is 0 Å². The fraction of sp³-hybridized carbons (Fsp3) is 0. The molecule has 2 aromatic carbocycles. The predicted molar refractivity (Wildman–Crippen MR) is 61.0 cm³/mol. The van der Waals surface area contributed by atoms with E-state index in [4.69, 9.17) is 0 Å². The van der Waals surface area contributed by atoms with Crippen LogP contribution in [-0.2, 0) is 0 Å². The molecule has 3 rings (SSSR count). The van der Waals surface area contributed by atoms with Crippen LogP contribution in [0.5, 0.6) is 0 Å². The molecule has 0 unspecified atom stereocenters. The minimum absolute atomic E-state index is 0.0961. The summed E-state index contributed by atoms with van der Waals surface area (Å²) in [4.78, 5) is 4.11. The molecule has 0 aliphatic carbocycles. The number of nitrogens with zero attached hydrogens (tertiary/aromatic N) is 2. The molecule has 0 amide bonds. The van der Waals surface area contributed by atoms with E-state index in [0.717, 1.165) is 0 Å². The zero-order valence-corrected chi connectivity index (χ0v) is 8.77. The molecular formula is C13H8F2N2. The first-order chi connectivity index (χ1) is 8.27. The highest BCUT2D eigenvalue weighted by molar-refractivity contribution is 5.77. The molecule has 0 N–H and O–H groups in total. The molecule has 1 aromatic heterocycles. The van der Waals surface area contributed by atoms with E-state index in [1.807, 2.05) is 6.07 Å². The van der Waals surface area contributed by atoms with Gasteiger partial charge < -0.3 is 0 Å². The second kappa shape index (κ2) is 3.66. The number of imidazole rings is 1. The summed E-state index contributed by atoms with van der Waals surface area (Å²) in [7, 11) is 0. The first-order valence-electron chi connectivity index (χ1n) is 5.14. The predicted octanol–water partition coefficient (Wildman–Crippen LogP) is 3.30. The molecule has 84 valence electrons. The SMILES string of the molecule is Fc1cccc(F)c1-n1cnc2ccccc21. The lowest BCUT2D eigenvalue weighted by molar-refractivity contribution is 0.571. The monoisotopic (exact) mass is 230 g/mol. The van der Waals surface area contributed by atoms with E-state index in [2.05, 4.69) is 4.98 Å². The molecule has 0 radical (unpaired) electrons. The van der Waals surface area contributed by atoms with Gasteiger partial charge in [-0.2, -0.15) is 0 Å². The van der Waals surface area contributed by atoms with Crippen molar-refractivity contribution in [2.75, 3.05) is 0 Å². The number of aromatic nitrogens is 2. The van der Waals surface area contributed by atoms with Crippen LogP contribution in [-0.4, -0.2) is 9.55 Å². The number of fused-ring (bicyclic) bond motifs is 1. The Kier molecular flexibility index (Phi) is 2.14. The van der Waals surface area contributed by atoms with Crippen LogP contribution in [0.1, 0.15) is 0 Å². The molecule has 0 saturated carbocycles. The Balaban J connectivity index is 2.35. The van der Waals surface area contributed by atoms with Gasteiger partial charge in [-0.25, -0.2) is 13.8 Å². The van der Waals surface area contributed by atoms with Gasteiger partial charge in [-0.1, -0.05) is 18.2 Å². The van der Waals surface area contributed by atoms with E-state index in [0.29, 0.717) is 11.0 Å². The lowest BCUT2D eigenvalue weighted by atomic mass is 10.2. The van der Waals surface area contributed by atoms with Crippen molar-refractivity contribution >= 4 is 11.0 Å². The highest BCUT2D eigenvalue weighted by atomic mass is 19.1. The van der Waals surface area contributed by atoms with E-state index < -0.39 is 11.6 Å². The quantitative estimate of drug-likeness (QED) is 0.627. The third-order valence-electron chi connectivity index (χ3n) is 2.63. The van der Waals surface area contributed by atoms with E-state index in [1.165, 1.54) is 29.1 Å². The smallest absolute Gasteiger partial charge is 0.150 e. The summed E-state index contributed by atoms with van der Waals surface area (Å²) < 4.78 is 28.7. The topological polar surface area (TPSA) is 17.8 Å². The highest BCUT2D eigenvalue weighted by Gasteiger charge is 2.12. The molecule has 3 aromatic rings. The highest BCUT2D eigenvalue weighted by Crippen LogP contribution is 2.22. The van der Waals surface area contributed by atoms with Gasteiger partial charge in [-0.05, 0) is 24.3 Å². The van der Waals surface area contributed by atoms with Crippen LogP contribution in [0.4, 0.5) is 8.78 Å². The van der Waals surface area contributed by atoms with Crippen molar-refractivity contribution in [3.05, 3.63) is 60.4 Å². The van der Waals surface area contributed by atoms with Crippen LogP contribution in [0.2, 0.25) is 0 Å². The molecule has 0 aliphatic heterocycles. The maximum atomic E-state index is 13.7. The average molecular weight is 230 g/mol. The van der Waals surface area contributed by atoms with Gasteiger partial charge in [0.15, 0.2) is 0 Å². The van der Waals surface area contributed by atoms with Gasteiger partial charge >= 0.3 is 0 Å². The molecule has 4 heteroatoms. The minimum atomic E-state index is -0.604.